The lowest BCUT2D eigenvalue weighted by molar-refractivity contribution is -0.274. The van der Waals surface area contributed by atoms with E-state index in [2.05, 4.69) is 4.74 Å². The largest absolute Gasteiger partial charge is 0.573 e. The summed E-state index contributed by atoms with van der Waals surface area (Å²) in [5, 5.41) is 0. The van der Waals surface area contributed by atoms with E-state index >= 15 is 0 Å². The smallest absolute Gasteiger partial charge is 0.406 e. The lowest BCUT2D eigenvalue weighted by atomic mass is 10.1. The molecule has 24 heavy (non-hydrogen) atoms. The average Bonchev–Trinajstić information content (AvgIpc) is 2.89. The van der Waals surface area contributed by atoms with Crippen LogP contribution in [-0.4, -0.2) is 24.2 Å². The number of alkyl halides is 3. The molecule has 0 N–H and O–H groups in total. The lowest BCUT2D eigenvalue weighted by Gasteiger charge is -2.17. The highest BCUT2D eigenvalue weighted by Gasteiger charge is 2.32. The predicted molar refractivity (Wildman–Crippen MR) is 87.0 cm³/mol. The molecule has 1 heterocycles. The number of ether oxygens (including phenoxy) is 1. The Morgan fingerprint density at radius 3 is 2.54 bits per heavy atom. The number of aryl methyl sites for hydroxylation is 2. The van der Waals surface area contributed by atoms with Crippen LogP contribution in [0.1, 0.15) is 21.7 Å². The van der Waals surface area contributed by atoms with Gasteiger partial charge in [0.1, 0.15) is 5.75 Å². The van der Waals surface area contributed by atoms with Gasteiger partial charge in [-0.05, 0) is 37.1 Å². The summed E-state index contributed by atoms with van der Waals surface area (Å²) in [5.74, 6) is -0.378. The van der Waals surface area contributed by atoms with Crippen molar-refractivity contribution in [3.8, 4) is 5.75 Å². The summed E-state index contributed by atoms with van der Waals surface area (Å²) < 4.78 is 41.2. The van der Waals surface area contributed by atoms with Gasteiger partial charge in [-0.2, -0.15) is 0 Å². The van der Waals surface area contributed by atoms with E-state index in [0.717, 1.165) is 4.88 Å². The third-order valence-electron chi connectivity index (χ3n) is 3.42. The zero-order chi connectivity index (χ0) is 17.7. The van der Waals surface area contributed by atoms with Gasteiger partial charge in [0.2, 0.25) is 5.91 Å². The fourth-order valence-electron chi connectivity index (χ4n) is 2.26. The van der Waals surface area contributed by atoms with Crippen LogP contribution in [0.2, 0.25) is 0 Å². The molecule has 3 nitrogen and oxygen atoms in total. The molecule has 0 fully saturated rings. The number of rotatable bonds is 6. The second-order valence-electron chi connectivity index (χ2n) is 5.42. The summed E-state index contributed by atoms with van der Waals surface area (Å²) in [5.41, 5.74) is 0.364. The van der Waals surface area contributed by atoms with Gasteiger partial charge in [0, 0.05) is 23.2 Å². The fourth-order valence-corrected chi connectivity index (χ4v) is 3.20. The van der Waals surface area contributed by atoms with E-state index in [1.165, 1.54) is 23.1 Å². The van der Waals surface area contributed by atoms with Crippen LogP contribution in [0.15, 0.2) is 36.4 Å². The lowest BCUT2D eigenvalue weighted by Crippen LogP contribution is -2.26. The summed E-state index contributed by atoms with van der Waals surface area (Å²) in [6, 6.07) is 9.85. The molecular formula is C17H18F3NO2S. The van der Waals surface area contributed by atoms with E-state index in [9.17, 15) is 18.0 Å². The molecule has 1 amide bonds. The zero-order valence-electron chi connectivity index (χ0n) is 13.4. The van der Waals surface area contributed by atoms with Crippen molar-refractivity contribution in [3.63, 3.8) is 0 Å². The van der Waals surface area contributed by atoms with Gasteiger partial charge in [-0.3, -0.25) is 4.79 Å². The van der Waals surface area contributed by atoms with Crippen molar-refractivity contribution in [3.05, 3.63) is 51.7 Å². The molecule has 0 unspecified atom stereocenters. The fraction of sp³-hybridized carbons (Fsp3) is 0.353. The Balaban J connectivity index is 1.94. The molecule has 0 aliphatic rings. The molecule has 130 valence electrons. The molecule has 0 spiro atoms. The topological polar surface area (TPSA) is 29.5 Å². The van der Waals surface area contributed by atoms with Crippen LogP contribution in [0.5, 0.6) is 5.75 Å². The Morgan fingerprint density at radius 2 is 1.92 bits per heavy atom. The van der Waals surface area contributed by atoms with Crippen molar-refractivity contribution in [1.29, 1.82) is 0 Å². The first kappa shape index (κ1) is 18.3. The van der Waals surface area contributed by atoms with Gasteiger partial charge in [0.05, 0.1) is 6.54 Å². The predicted octanol–water partition coefficient (Wildman–Crippen LogP) is 4.55. The van der Waals surface area contributed by atoms with E-state index in [1.54, 1.807) is 29.4 Å². The Bertz CT molecular complexity index is 697. The number of hydrogen-bond acceptors (Lipinski definition) is 3. The molecular weight excluding hydrogens is 339 g/mol. The molecule has 2 aromatic rings. The maximum Gasteiger partial charge on any atom is 0.573 e. The van der Waals surface area contributed by atoms with Crippen LogP contribution in [0, 0.1) is 6.92 Å². The summed E-state index contributed by atoms with van der Waals surface area (Å²) >= 11 is 1.62. The summed E-state index contributed by atoms with van der Waals surface area (Å²) in [7, 11) is 1.69. The highest BCUT2D eigenvalue weighted by molar-refractivity contribution is 7.11. The first-order valence-corrected chi connectivity index (χ1v) is 8.19. The van der Waals surface area contributed by atoms with Crippen molar-refractivity contribution >= 4 is 17.2 Å². The maximum atomic E-state index is 12.4. The molecule has 0 saturated carbocycles. The van der Waals surface area contributed by atoms with E-state index in [0.29, 0.717) is 12.1 Å². The minimum Gasteiger partial charge on any atom is -0.406 e. The molecule has 0 atom stereocenters. The van der Waals surface area contributed by atoms with Crippen LogP contribution in [-0.2, 0) is 17.8 Å². The average molecular weight is 357 g/mol. The van der Waals surface area contributed by atoms with E-state index < -0.39 is 6.36 Å². The first-order chi connectivity index (χ1) is 11.2. The van der Waals surface area contributed by atoms with Gasteiger partial charge >= 0.3 is 6.36 Å². The number of benzene rings is 1. The van der Waals surface area contributed by atoms with E-state index in [4.69, 9.17) is 0 Å². The quantitative estimate of drug-likeness (QED) is 0.759. The Labute approximate surface area is 142 Å². The minimum atomic E-state index is -4.74. The molecule has 7 heteroatoms. The molecule has 0 aliphatic heterocycles. The van der Waals surface area contributed by atoms with Gasteiger partial charge in [-0.25, -0.2) is 0 Å². The van der Waals surface area contributed by atoms with E-state index in [-0.39, 0.29) is 24.5 Å². The normalized spacial score (nSPS) is 11.4. The number of amides is 1. The summed E-state index contributed by atoms with van der Waals surface area (Å²) in [6.45, 7) is 2.49. The number of carbonyl (C=O) groups is 1. The molecule has 0 radical (unpaired) electrons. The summed E-state index contributed by atoms with van der Waals surface area (Å²) in [4.78, 5) is 16.0. The van der Waals surface area contributed by atoms with Gasteiger partial charge in [-0.1, -0.05) is 18.2 Å². The number of hydrogen-bond donors (Lipinski definition) is 0. The number of halogens is 3. The van der Waals surface area contributed by atoms with Crippen molar-refractivity contribution in [2.24, 2.45) is 0 Å². The SMILES string of the molecule is Cc1ccc(CN(C)C(=O)CCc2ccccc2OC(F)(F)F)s1. The van der Waals surface area contributed by atoms with Gasteiger partial charge in [0.25, 0.3) is 0 Å². The number of nitrogens with zero attached hydrogens (tertiary/aromatic N) is 1. The van der Waals surface area contributed by atoms with Gasteiger partial charge in [0.15, 0.2) is 0 Å². The number of para-hydroxylation sites is 1. The van der Waals surface area contributed by atoms with Crippen LogP contribution < -0.4 is 4.74 Å². The highest BCUT2D eigenvalue weighted by Crippen LogP contribution is 2.27. The van der Waals surface area contributed by atoms with Crippen LogP contribution in [0.25, 0.3) is 0 Å². The number of carbonyl (C=O) groups excluding carboxylic acids is 1. The van der Waals surface area contributed by atoms with Crippen LogP contribution in [0.3, 0.4) is 0 Å². The highest BCUT2D eigenvalue weighted by atomic mass is 32.1. The molecule has 1 aromatic heterocycles. The molecule has 0 aliphatic carbocycles. The van der Waals surface area contributed by atoms with Crippen molar-refractivity contribution < 1.29 is 22.7 Å². The molecule has 2 rings (SSSR count). The number of thiophene rings is 1. The summed E-state index contributed by atoms with van der Waals surface area (Å²) in [6.07, 6.45) is -4.42. The van der Waals surface area contributed by atoms with Crippen molar-refractivity contribution in [2.45, 2.75) is 32.7 Å². The molecule has 0 bridgehead atoms. The Kier molecular flexibility index (Phi) is 5.88. The van der Waals surface area contributed by atoms with Gasteiger partial charge in [-0.15, -0.1) is 24.5 Å². The zero-order valence-corrected chi connectivity index (χ0v) is 14.2. The maximum absolute atomic E-state index is 12.4. The van der Waals surface area contributed by atoms with Crippen molar-refractivity contribution in [1.82, 2.24) is 4.90 Å². The minimum absolute atomic E-state index is 0.122. The van der Waals surface area contributed by atoms with Crippen LogP contribution >= 0.6 is 11.3 Å². The molecule has 1 aromatic carbocycles. The van der Waals surface area contributed by atoms with Crippen LogP contribution in [0.4, 0.5) is 13.2 Å². The second kappa shape index (κ2) is 7.70. The third-order valence-corrected chi connectivity index (χ3v) is 4.41. The Hall–Kier alpha value is -2.02. The second-order valence-corrected chi connectivity index (χ2v) is 6.79. The van der Waals surface area contributed by atoms with E-state index in [1.807, 2.05) is 19.1 Å². The monoisotopic (exact) mass is 357 g/mol. The first-order valence-electron chi connectivity index (χ1n) is 7.37. The Morgan fingerprint density at radius 1 is 1.21 bits per heavy atom. The standard InChI is InChI=1S/C17H18F3NO2S/c1-12-7-9-14(24-12)11-21(2)16(22)10-8-13-5-3-4-6-15(13)23-17(18,19)20/h3-7,9H,8,10-11H2,1-2H3. The van der Waals surface area contributed by atoms with Crippen molar-refractivity contribution in [2.75, 3.05) is 7.05 Å². The third kappa shape index (κ3) is 5.56. The molecule has 0 saturated heterocycles. The van der Waals surface area contributed by atoms with Gasteiger partial charge < -0.3 is 9.64 Å².